The summed E-state index contributed by atoms with van der Waals surface area (Å²) in [7, 11) is 8.74. The number of methoxy groups -OCH3 is 2. The van der Waals surface area contributed by atoms with Crippen LogP contribution < -0.4 is 25.6 Å². The van der Waals surface area contributed by atoms with Crippen LogP contribution >= 0.6 is 23.4 Å². The van der Waals surface area contributed by atoms with Gasteiger partial charge < -0.3 is 72.7 Å². The summed E-state index contributed by atoms with van der Waals surface area (Å²) in [6, 6.07) is 6.61. The highest BCUT2D eigenvalue weighted by Gasteiger charge is 2.64. The molecule has 5 aliphatic heterocycles. The number of thioether (sulfide) groups is 1. The second-order valence-corrected chi connectivity index (χ2v) is 24.2. The predicted octanol–water partition coefficient (Wildman–Crippen LogP) is 5.09. The van der Waals surface area contributed by atoms with Crippen LogP contribution in [0.15, 0.2) is 78.4 Å². The molecule has 2 aromatic rings. The number of anilines is 2. The predicted molar refractivity (Wildman–Crippen MR) is 333 cm³/mol. The number of imide groups is 1. The normalized spacial score (nSPS) is 24.3. The molecular formula is C62H79ClN8O20S. The Hall–Kier alpha value is -8.06. The molecule has 0 spiro atoms. The van der Waals surface area contributed by atoms with E-state index in [-0.39, 0.29) is 87.7 Å². The Morgan fingerprint density at radius 3 is 2.42 bits per heavy atom. The number of likely N-dealkylation sites (N-methyl/N-ethyl adjacent to an activating group) is 3. The fourth-order valence-electron chi connectivity index (χ4n) is 10.4. The number of carbonyl (C=O) groups is 10. The van der Waals surface area contributed by atoms with Gasteiger partial charge in [-0.2, -0.15) is 0 Å². The lowest BCUT2D eigenvalue weighted by molar-refractivity contribution is -0.162. The first-order valence-corrected chi connectivity index (χ1v) is 30.9. The Morgan fingerprint density at radius 1 is 0.978 bits per heavy atom. The quantitative estimate of drug-likeness (QED) is 0.0468. The summed E-state index contributed by atoms with van der Waals surface area (Å²) in [6.07, 6.45) is 2.96. The van der Waals surface area contributed by atoms with E-state index < -0.39 is 119 Å². The highest BCUT2D eigenvalue weighted by Crippen LogP contribution is 2.49. The summed E-state index contributed by atoms with van der Waals surface area (Å²) in [5, 5.41) is 19.3. The maximum Gasteiger partial charge on any atom is 0.412 e. The Bertz CT molecular complexity index is 3240. The van der Waals surface area contributed by atoms with E-state index in [1.165, 1.54) is 87.1 Å². The Morgan fingerprint density at radius 2 is 1.71 bits per heavy atom. The first kappa shape index (κ1) is 71.4. The van der Waals surface area contributed by atoms with Crippen LogP contribution in [0.4, 0.5) is 30.6 Å². The molecule has 2 fully saturated rings. The van der Waals surface area contributed by atoms with E-state index in [0.717, 1.165) is 40.0 Å². The van der Waals surface area contributed by atoms with Gasteiger partial charge in [0.1, 0.15) is 60.2 Å². The van der Waals surface area contributed by atoms with Gasteiger partial charge in [-0.3, -0.25) is 44.3 Å². The lowest BCUT2D eigenvalue weighted by atomic mass is 9.83. The van der Waals surface area contributed by atoms with Gasteiger partial charge in [0.15, 0.2) is 5.72 Å². The van der Waals surface area contributed by atoms with Gasteiger partial charge in [-0.15, -0.1) is 0 Å². The topological polar surface area (TPSA) is 330 Å². The zero-order valence-electron chi connectivity index (χ0n) is 52.9. The third-order valence-corrected chi connectivity index (χ3v) is 17.5. The van der Waals surface area contributed by atoms with E-state index >= 15 is 0 Å². The van der Waals surface area contributed by atoms with Gasteiger partial charge in [0.05, 0.1) is 49.8 Å². The van der Waals surface area contributed by atoms with E-state index in [0.29, 0.717) is 23.4 Å². The number of amides is 9. The van der Waals surface area contributed by atoms with Crippen molar-refractivity contribution < 1.29 is 95.7 Å². The van der Waals surface area contributed by atoms with Gasteiger partial charge in [0, 0.05) is 98.1 Å². The number of carbonyl (C=O) groups excluding carboxylic acids is 10. The van der Waals surface area contributed by atoms with Crippen molar-refractivity contribution in [2.24, 2.45) is 5.92 Å². The molecule has 4 N–H and O–H groups in total. The van der Waals surface area contributed by atoms with Gasteiger partial charge in [0.2, 0.25) is 11.8 Å². The van der Waals surface area contributed by atoms with Crippen LogP contribution in [0.25, 0.3) is 0 Å². The van der Waals surface area contributed by atoms with Gasteiger partial charge in [-0.25, -0.2) is 19.2 Å². The minimum atomic E-state index is -1.91. The molecule has 7 rings (SSSR count). The van der Waals surface area contributed by atoms with E-state index in [2.05, 4.69) is 16.0 Å². The minimum absolute atomic E-state index is 0.00253. The molecule has 5 heterocycles. The molecule has 2 aromatic carbocycles. The number of halogens is 1. The molecule has 0 saturated carbocycles. The SMILES string of the molecule is COc1cc2cc(c1Cl)N(C)C(=O)C[C@H](OC(=O)[C@H](C)N(C)C(=O)CCSC(=O)N(C)CCN(C)C(=O)OCc1ccc(NC(=O)OC3C=CCOCOC3)c(C(=O)NCCN3C(=O)C=CC3=O)c1)[C@]1(C)O[C@H]1[C@H](C)[C@@H]1C[C@@](O)(NC(=O)O1)[C@H](OC)C=CC=C(C)C2. The monoisotopic (exact) mass is 1320 g/mol. The van der Waals surface area contributed by atoms with E-state index in [4.69, 9.17) is 54.2 Å². The van der Waals surface area contributed by atoms with Crippen molar-refractivity contribution in [3.63, 3.8) is 0 Å². The average Bonchev–Trinajstić information content (AvgIpc) is 1.56. The number of ether oxygens (including phenoxy) is 9. The fourth-order valence-corrected chi connectivity index (χ4v) is 11.5. The standard InChI is InChI=1S/C62H79ClN8O20S/c1-36-13-11-15-47(84-10)62(82)32-46(89-58(79)66-62)37(2)54-61(4,91-54)48(31-52(75)70(8)44-29-40(27-36)30-45(83-9)53(44)63)90-56(77)38(3)69(7)49(72)20-26-92-60(81)68(6)24-23-67(5)59(80)87-33-39-16-17-43(65-57(78)88-41-14-12-25-85-35-86-34-41)42(28-39)55(76)64-21-22-71-50(73)18-19-51(71)74/h11-19,28-30,37-38,41,46-48,54,82H,20-27,31-35H2,1-10H3,(H,64,76)(H,65,78)(H,66,79)/t37-,38+,41?,46+,47-,48+,54+,61+,62+/m1/s1. The summed E-state index contributed by atoms with van der Waals surface area (Å²) in [4.78, 5) is 138. The number of hydrogen-bond acceptors (Lipinski definition) is 21. The van der Waals surface area contributed by atoms with Crippen molar-refractivity contribution >= 4 is 93.8 Å². The van der Waals surface area contributed by atoms with E-state index in [1.807, 2.05) is 13.0 Å². The van der Waals surface area contributed by atoms with Crippen molar-refractivity contribution in [3.8, 4) is 5.75 Å². The zero-order valence-corrected chi connectivity index (χ0v) is 54.5. The molecule has 1 unspecified atom stereocenters. The second-order valence-electron chi connectivity index (χ2n) is 22.8. The van der Waals surface area contributed by atoms with E-state index in [1.54, 1.807) is 50.3 Å². The van der Waals surface area contributed by atoms with Gasteiger partial charge >= 0.3 is 24.2 Å². The third-order valence-electron chi connectivity index (χ3n) is 16.2. The molecule has 0 aromatic heterocycles. The van der Waals surface area contributed by atoms with Crippen molar-refractivity contribution in [3.05, 3.63) is 100 Å². The number of rotatable bonds is 19. The largest absolute Gasteiger partial charge is 0.495 e. The Balaban J connectivity index is 0.927. The average molecular weight is 1320 g/mol. The van der Waals surface area contributed by atoms with Crippen LogP contribution in [0.2, 0.25) is 5.02 Å². The molecule has 92 heavy (non-hydrogen) atoms. The molecule has 5 aliphatic rings. The molecule has 0 aliphatic carbocycles. The number of aliphatic hydroxyl groups is 1. The smallest absolute Gasteiger partial charge is 0.412 e. The fraction of sp³-hybridized carbons (Fsp3) is 0.516. The highest BCUT2D eigenvalue weighted by molar-refractivity contribution is 8.13. The van der Waals surface area contributed by atoms with Crippen molar-refractivity contribution in [1.29, 1.82) is 0 Å². The number of hydrogen-bond donors (Lipinski definition) is 4. The van der Waals surface area contributed by atoms with Gasteiger partial charge in [-0.05, 0) is 68.7 Å². The van der Waals surface area contributed by atoms with E-state index in [9.17, 15) is 53.1 Å². The molecule has 2 saturated heterocycles. The third kappa shape index (κ3) is 18.4. The molecule has 500 valence electrons. The van der Waals surface area contributed by atoms with Crippen LogP contribution in [-0.2, 0) is 74.9 Å². The zero-order chi connectivity index (χ0) is 67.2. The molecule has 0 radical (unpaired) electrons. The number of benzene rings is 2. The van der Waals surface area contributed by atoms with Crippen LogP contribution in [-0.4, -0.2) is 226 Å². The van der Waals surface area contributed by atoms with Crippen molar-refractivity contribution in [2.45, 2.75) is 108 Å². The number of nitrogens with one attached hydrogen (secondary N) is 3. The summed E-state index contributed by atoms with van der Waals surface area (Å²) < 4.78 is 50.9. The Labute approximate surface area is 541 Å². The first-order valence-electron chi connectivity index (χ1n) is 29.5. The number of nitrogens with zero attached hydrogens (tertiary/aromatic N) is 5. The van der Waals surface area contributed by atoms with Crippen LogP contribution in [0.3, 0.4) is 0 Å². The highest BCUT2D eigenvalue weighted by atomic mass is 35.5. The Kier molecular flexibility index (Phi) is 24.8. The van der Waals surface area contributed by atoms with Crippen LogP contribution in [0.1, 0.15) is 68.4 Å². The summed E-state index contributed by atoms with van der Waals surface area (Å²) >= 11 is 7.67. The minimum Gasteiger partial charge on any atom is -0.495 e. The maximum atomic E-state index is 14.4. The van der Waals surface area contributed by atoms with Crippen LogP contribution in [0.5, 0.6) is 5.75 Å². The van der Waals surface area contributed by atoms with Crippen LogP contribution in [0, 0.1) is 5.92 Å². The summed E-state index contributed by atoms with van der Waals surface area (Å²) in [6.45, 7) is 6.52. The number of fused-ring (bicyclic) bond motifs is 5. The number of allylic oxidation sites excluding steroid dienone is 3. The molecular weight excluding hydrogens is 1240 g/mol. The molecule has 30 heteroatoms. The van der Waals surface area contributed by atoms with Crippen molar-refractivity contribution in [1.82, 2.24) is 30.2 Å². The maximum absolute atomic E-state index is 14.4. The number of epoxide rings is 1. The number of esters is 1. The molecule has 4 bridgehead atoms. The molecule has 28 nitrogen and oxygen atoms in total. The first-order chi connectivity index (χ1) is 43.7. The van der Waals surface area contributed by atoms with Crippen molar-refractivity contribution in [2.75, 3.05) is 105 Å². The summed E-state index contributed by atoms with van der Waals surface area (Å²) in [5.41, 5.74) is -1.00. The lowest BCUT2D eigenvalue weighted by Crippen LogP contribution is -2.63. The second kappa shape index (κ2) is 32.0. The number of alkyl carbamates (subject to hydrolysis) is 1. The lowest BCUT2D eigenvalue weighted by Gasteiger charge is -2.42. The van der Waals surface area contributed by atoms with Gasteiger partial charge in [-0.1, -0.05) is 66.2 Å². The summed E-state index contributed by atoms with van der Waals surface area (Å²) in [5.74, 6) is -3.97. The van der Waals surface area contributed by atoms with Gasteiger partial charge in [0.25, 0.3) is 23.0 Å². The molecule has 9 amide bonds. The molecule has 9 atom stereocenters.